The Labute approximate surface area is 112 Å². The van der Waals surface area contributed by atoms with Gasteiger partial charge in [-0.25, -0.2) is 0 Å². The zero-order valence-electron chi connectivity index (χ0n) is 8.11. The molecule has 2 aromatic carbocycles. The summed E-state index contributed by atoms with van der Waals surface area (Å²) in [5.41, 5.74) is 1.11. The molecule has 2 rings (SSSR count). The van der Waals surface area contributed by atoms with Gasteiger partial charge in [0, 0.05) is 19.7 Å². The van der Waals surface area contributed by atoms with E-state index in [4.69, 9.17) is 11.6 Å². The normalized spacial score (nSPS) is 10.4. The van der Waals surface area contributed by atoms with Crippen LogP contribution in [0, 0.1) is 3.57 Å². The average molecular weight is 347 g/mol. The number of benzene rings is 2. The van der Waals surface area contributed by atoms with Crippen LogP contribution in [0.15, 0.2) is 36.4 Å². The van der Waals surface area contributed by atoms with Crippen molar-refractivity contribution < 1.29 is 10.2 Å². The van der Waals surface area contributed by atoms with Crippen LogP contribution in [0.3, 0.4) is 0 Å². The Morgan fingerprint density at radius 3 is 2.12 bits per heavy atom. The molecule has 2 N–H and O–H groups in total. The molecular weight excluding hydrogens is 338 g/mol. The fraction of sp³-hybridized carbons (Fsp3) is 0. The van der Waals surface area contributed by atoms with Crippen molar-refractivity contribution in [1.82, 2.24) is 0 Å². The molecule has 0 unspecified atom stereocenters. The molecular formula is C12H8ClIO2. The summed E-state index contributed by atoms with van der Waals surface area (Å²) in [6.07, 6.45) is 0. The van der Waals surface area contributed by atoms with Crippen molar-refractivity contribution in [1.29, 1.82) is 0 Å². The molecule has 0 amide bonds. The fourth-order valence-electron chi connectivity index (χ4n) is 1.45. The van der Waals surface area contributed by atoms with Gasteiger partial charge in [0.05, 0.1) is 0 Å². The van der Waals surface area contributed by atoms with Gasteiger partial charge in [0.1, 0.15) is 11.5 Å². The zero-order valence-corrected chi connectivity index (χ0v) is 11.0. The molecule has 0 bridgehead atoms. The number of halogens is 2. The quantitative estimate of drug-likeness (QED) is 0.766. The molecule has 16 heavy (non-hydrogen) atoms. The largest absolute Gasteiger partial charge is 0.507 e. The molecule has 0 aliphatic rings. The van der Waals surface area contributed by atoms with Crippen molar-refractivity contribution in [2.45, 2.75) is 0 Å². The van der Waals surface area contributed by atoms with Crippen molar-refractivity contribution in [2.75, 3.05) is 0 Å². The van der Waals surface area contributed by atoms with E-state index in [1.807, 2.05) is 0 Å². The first-order valence-corrected chi connectivity index (χ1v) is 6.01. The molecule has 0 aliphatic carbocycles. The van der Waals surface area contributed by atoms with Gasteiger partial charge in [0.2, 0.25) is 0 Å². The maximum atomic E-state index is 9.75. The first-order valence-electron chi connectivity index (χ1n) is 4.55. The molecule has 0 saturated heterocycles. The summed E-state index contributed by atoms with van der Waals surface area (Å²) in [5, 5.41) is 20.0. The summed E-state index contributed by atoms with van der Waals surface area (Å²) >= 11 is 8.01. The summed E-state index contributed by atoms with van der Waals surface area (Å²) in [7, 11) is 0. The third-order valence-electron chi connectivity index (χ3n) is 2.21. The van der Waals surface area contributed by atoms with Gasteiger partial charge in [-0.2, -0.15) is 0 Å². The SMILES string of the molecule is Oc1ccc(Cl)cc1-c1cc(I)ccc1O. The van der Waals surface area contributed by atoms with E-state index in [-0.39, 0.29) is 11.5 Å². The predicted molar refractivity (Wildman–Crippen MR) is 72.9 cm³/mol. The van der Waals surface area contributed by atoms with Gasteiger partial charge in [-0.15, -0.1) is 0 Å². The van der Waals surface area contributed by atoms with Crippen LogP contribution in [0.1, 0.15) is 0 Å². The smallest absolute Gasteiger partial charge is 0.123 e. The third-order valence-corrected chi connectivity index (χ3v) is 3.11. The first-order chi connectivity index (χ1) is 7.58. The van der Waals surface area contributed by atoms with E-state index in [1.54, 1.807) is 30.3 Å². The van der Waals surface area contributed by atoms with Gasteiger partial charge in [0.15, 0.2) is 0 Å². The topological polar surface area (TPSA) is 40.5 Å². The van der Waals surface area contributed by atoms with Gasteiger partial charge in [-0.1, -0.05) is 11.6 Å². The second-order valence-corrected chi connectivity index (χ2v) is 5.01. The summed E-state index contributed by atoms with van der Waals surface area (Å²) in [6.45, 7) is 0. The van der Waals surface area contributed by atoms with Crippen LogP contribution in [0.4, 0.5) is 0 Å². The molecule has 0 saturated carbocycles. The number of aromatic hydroxyl groups is 2. The minimum atomic E-state index is 0.0988. The van der Waals surface area contributed by atoms with Gasteiger partial charge in [-0.3, -0.25) is 0 Å². The van der Waals surface area contributed by atoms with Crippen molar-refractivity contribution in [3.63, 3.8) is 0 Å². The number of hydrogen-bond donors (Lipinski definition) is 2. The van der Waals surface area contributed by atoms with Crippen LogP contribution in [0.5, 0.6) is 11.5 Å². The predicted octanol–water partition coefficient (Wildman–Crippen LogP) is 4.02. The Morgan fingerprint density at radius 1 is 0.875 bits per heavy atom. The highest BCUT2D eigenvalue weighted by atomic mass is 127. The van der Waals surface area contributed by atoms with Crippen molar-refractivity contribution in [3.8, 4) is 22.6 Å². The Bertz CT molecular complexity index is 491. The molecule has 0 atom stereocenters. The molecule has 4 heteroatoms. The molecule has 82 valence electrons. The number of rotatable bonds is 1. The lowest BCUT2D eigenvalue weighted by atomic mass is 10.0. The lowest BCUT2D eigenvalue weighted by Crippen LogP contribution is -1.82. The molecule has 0 fully saturated rings. The van der Waals surface area contributed by atoms with Gasteiger partial charge >= 0.3 is 0 Å². The summed E-state index contributed by atoms with van der Waals surface area (Å²) in [6, 6.07) is 9.92. The van der Waals surface area contributed by atoms with E-state index >= 15 is 0 Å². The zero-order chi connectivity index (χ0) is 11.7. The fourth-order valence-corrected chi connectivity index (χ4v) is 2.11. The molecule has 0 radical (unpaired) electrons. The van der Waals surface area contributed by atoms with Gasteiger partial charge in [-0.05, 0) is 59.0 Å². The van der Waals surface area contributed by atoms with Crippen molar-refractivity contribution in [2.24, 2.45) is 0 Å². The third kappa shape index (κ3) is 2.25. The van der Waals surface area contributed by atoms with Crippen LogP contribution in [-0.4, -0.2) is 10.2 Å². The molecule has 0 aliphatic heterocycles. The number of hydrogen-bond acceptors (Lipinski definition) is 2. The Kier molecular flexibility index (Phi) is 3.25. The van der Waals surface area contributed by atoms with E-state index in [0.717, 1.165) is 3.57 Å². The Balaban J connectivity index is 2.66. The Hall–Kier alpha value is -0.940. The first kappa shape index (κ1) is 11.5. The van der Waals surface area contributed by atoms with Crippen LogP contribution in [0.2, 0.25) is 5.02 Å². The lowest BCUT2D eigenvalue weighted by Gasteiger charge is -2.08. The van der Waals surface area contributed by atoms with Gasteiger partial charge < -0.3 is 10.2 Å². The molecule has 0 aromatic heterocycles. The van der Waals surface area contributed by atoms with Gasteiger partial charge in [0.25, 0.3) is 0 Å². The lowest BCUT2D eigenvalue weighted by molar-refractivity contribution is 0.469. The maximum Gasteiger partial charge on any atom is 0.123 e. The minimum absolute atomic E-state index is 0.0988. The van der Waals surface area contributed by atoms with Crippen LogP contribution >= 0.6 is 34.2 Å². The van der Waals surface area contributed by atoms with Crippen LogP contribution < -0.4 is 0 Å². The van der Waals surface area contributed by atoms with Crippen molar-refractivity contribution >= 4 is 34.2 Å². The summed E-state index contributed by atoms with van der Waals surface area (Å²) in [4.78, 5) is 0. The van der Waals surface area contributed by atoms with Crippen molar-refractivity contribution in [3.05, 3.63) is 45.0 Å². The molecule has 0 heterocycles. The second kappa shape index (κ2) is 4.51. The van der Waals surface area contributed by atoms with E-state index in [2.05, 4.69) is 22.6 Å². The Morgan fingerprint density at radius 2 is 1.44 bits per heavy atom. The summed E-state index contributed by atoms with van der Waals surface area (Å²) in [5.74, 6) is 0.222. The monoisotopic (exact) mass is 346 g/mol. The molecule has 2 nitrogen and oxygen atoms in total. The van der Waals surface area contributed by atoms with E-state index in [0.29, 0.717) is 16.1 Å². The minimum Gasteiger partial charge on any atom is -0.507 e. The number of phenolic OH excluding ortho intramolecular Hbond substituents is 2. The highest BCUT2D eigenvalue weighted by molar-refractivity contribution is 14.1. The maximum absolute atomic E-state index is 9.75. The van der Waals surface area contributed by atoms with Crippen LogP contribution in [-0.2, 0) is 0 Å². The van der Waals surface area contributed by atoms with Crippen LogP contribution in [0.25, 0.3) is 11.1 Å². The highest BCUT2D eigenvalue weighted by Crippen LogP contribution is 2.37. The molecule has 2 aromatic rings. The average Bonchev–Trinajstić information content (AvgIpc) is 2.25. The standard InChI is InChI=1S/C12H8ClIO2/c13-7-1-3-11(15)9(5-7)10-6-8(14)2-4-12(10)16/h1-6,15-16H. The molecule has 0 spiro atoms. The van der Waals surface area contributed by atoms with E-state index in [9.17, 15) is 10.2 Å². The number of phenols is 2. The highest BCUT2D eigenvalue weighted by Gasteiger charge is 2.10. The van der Waals surface area contributed by atoms with E-state index in [1.165, 1.54) is 6.07 Å². The second-order valence-electron chi connectivity index (χ2n) is 3.32. The summed E-state index contributed by atoms with van der Waals surface area (Å²) < 4.78 is 0.977. The van der Waals surface area contributed by atoms with E-state index < -0.39 is 0 Å².